The predicted molar refractivity (Wildman–Crippen MR) is 149 cm³/mol. The van der Waals surface area contributed by atoms with Gasteiger partial charge in [-0.1, -0.05) is 72.8 Å². The van der Waals surface area contributed by atoms with E-state index in [4.69, 9.17) is 4.74 Å². The minimum absolute atomic E-state index is 0.0676. The molecule has 7 heteroatoms. The first kappa shape index (κ1) is 24.5. The van der Waals surface area contributed by atoms with E-state index < -0.39 is 6.04 Å². The first-order valence-corrected chi connectivity index (χ1v) is 12.4. The van der Waals surface area contributed by atoms with Gasteiger partial charge in [0.05, 0.1) is 12.3 Å². The number of hydrazine groups is 1. The first-order chi connectivity index (χ1) is 18.1. The van der Waals surface area contributed by atoms with Crippen molar-refractivity contribution in [1.82, 2.24) is 16.3 Å². The van der Waals surface area contributed by atoms with Crippen LogP contribution in [-0.2, 0) is 11.4 Å². The number of rotatable bonds is 8. The third-order valence-corrected chi connectivity index (χ3v) is 6.58. The van der Waals surface area contributed by atoms with Crippen molar-refractivity contribution in [3.63, 3.8) is 0 Å². The van der Waals surface area contributed by atoms with Crippen LogP contribution in [0.25, 0.3) is 10.8 Å². The van der Waals surface area contributed by atoms with E-state index in [0.29, 0.717) is 13.0 Å². The summed E-state index contributed by atoms with van der Waals surface area (Å²) in [5.74, 6) is 0.611. The molecule has 0 aliphatic carbocycles. The quantitative estimate of drug-likeness (QED) is 0.248. The molecule has 188 valence electrons. The van der Waals surface area contributed by atoms with Crippen LogP contribution in [0, 0.1) is 0 Å². The molecule has 0 radical (unpaired) electrons. The molecule has 1 fully saturated rings. The van der Waals surface area contributed by atoms with Crippen molar-refractivity contribution in [1.29, 1.82) is 0 Å². The molecular weight excluding hydrogens is 462 g/mol. The van der Waals surface area contributed by atoms with Gasteiger partial charge in [0, 0.05) is 25.3 Å². The molecule has 2 atom stereocenters. The SMILES string of the molecule is CN(C)c1ccc(/C=N/NC(=O)C2CC(c3ccccc3OCc3cccc4ccccc34)NN2)cc1. The molecule has 3 N–H and O–H groups in total. The van der Waals surface area contributed by atoms with Crippen molar-refractivity contribution >= 4 is 28.6 Å². The number of para-hydroxylation sites is 1. The molecule has 1 saturated heterocycles. The van der Waals surface area contributed by atoms with Gasteiger partial charge in [0.2, 0.25) is 0 Å². The van der Waals surface area contributed by atoms with Crippen LogP contribution in [0.5, 0.6) is 5.75 Å². The summed E-state index contributed by atoms with van der Waals surface area (Å²) in [5.41, 5.74) is 13.2. The molecule has 5 rings (SSSR count). The highest BCUT2D eigenvalue weighted by Gasteiger charge is 2.31. The summed E-state index contributed by atoms with van der Waals surface area (Å²) in [6.07, 6.45) is 2.22. The Morgan fingerprint density at radius 2 is 1.73 bits per heavy atom. The molecule has 4 aromatic carbocycles. The lowest BCUT2D eigenvalue weighted by Gasteiger charge is -2.16. The minimum atomic E-state index is -0.413. The zero-order valence-corrected chi connectivity index (χ0v) is 21.0. The van der Waals surface area contributed by atoms with Crippen molar-refractivity contribution in [2.24, 2.45) is 5.10 Å². The van der Waals surface area contributed by atoms with Crippen LogP contribution in [-0.4, -0.2) is 32.3 Å². The summed E-state index contributed by atoms with van der Waals surface area (Å²) in [6.45, 7) is 0.465. The fourth-order valence-corrected chi connectivity index (χ4v) is 4.51. The Balaban J connectivity index is 1.19. The summed E-state index contributed by atoms with van der Waals surface area (Å²) < 4.78 is 6.28. The summed E-state index contributed by atoms with van der Waals surface area (Å²) in [5, 5.41) is 6.52. The fourth-order valence-electron chi connectivity index (χ4n) is 4.51. The maximum absolute atomic E-state index is 12.7. The summed E-state index contributed by atoms with van der Waals surface area (Å²) in [4.78, 5) is 14.7. The molecule has 37 heavy (non-hydrogen) atoms. The van der Waals surface area contributed by atoms with E-state index in [0.717, 1.165) is 28.1 Å². The molecule has 2 unspecified atom stereocenters. The number of nitrogens with one attached hydrogen (secondary N) is 3. The number of nitrogens with zero attached hydrogens (tertiary/aromatic N) is 2. The molecule has 7 nitrogen and oxygen atoms in total. The van der Waals surface area contributed by atoms with E-state index in [1.807, 2.05) is 79.7 Å². The zero-order chi connectivity index (χ0) is 25.6. The number of benzene rings is 4. The number of anilines is 1. The largest absolute Gasteiger partial charge is 0.489 e. The summed E-state index contributed by atoms with van der Waals surface area (Å²) in [6, 6.07) is 30.0. The lowest BCUT2D eigenvalue weighted by atomic mass is 10.0. The predicted octanol–water partition coefficient (Wildman–Crippen LogP) is 4.54. The first-order valence-electron chi connectivity index (χ1n) is 12.4. The number of ether oxygens (including phenoxy) is 1. The molecule has 0 aromatic heterocycles. The zero-order valence-electron chi connectivity index (χ0n) is 21.0. The van der Waals surface area contributed by atoms with Crippen molar-refractivity contribution in [2.75, 3.05) is 19.0 Å². The Hall–Kier alpha value is -4.20. The Kier molecular flexibility index (Phi) is 7.44. The molecule has 4 aromatic rings. The third-order valence-electron chi connectivity index (χ3n) is 6.58. The van der Waals surface area contributed by atoms with Gasteiger partial charge in [-0.05, 0) is 46.5 Å². The van der Waals surface area contributed by atoms with Crippen LogP contribution in [0.4, 0.5) is 5.69 Å². The van der Waals surface area contributed by atoms with Crippen molar-refractivity contribution in [3.05, 3.63) is 108 Å². The Morgan fingerprint density at radius 3 is 2.57 bits per heavy atom. The van der Waals surface area contributed by atoms with Gasteiger partial charge < -0.3 is 9.64 Å². The van der Waals surface area contributed by atoms with E-state index in [1.165, 1.54) is 10.8 Å². The molecule has 1 aliphatic heterocycles. The lowest BCUT2D eigenvalue weighted by Crippen LogP contribution is -2.41. The molecule has 1 heterocycles. The van der Waals surface area contributed by atoms with Gasteiger partial charge in [-0.25, -0.2) is 16.3 Å². The standard InChI is InChI=1S/C30H31N5O2/c1-35(2)24-16-14-21(15-17-24)19-31-34-30(36)28-18-27(32-33-28)26-12-5-6-13-29(26)37-20-23-10-7-9-22-8-3-4-11-25(22)23/h3-17,19,27-28,32-33H,18,20H2,1-2H3,(H,34,36)/b31-19+. The number of fused-ring (bicyclic) bond motifs is 1. The minimum Gasteiger partial charge on any atom is -0.489 e. The van der Waals surface area contributed by atoms with E-state index in [-0.39, 0.29) is 11.9 Å². The number of carbonyl (C=O) groups is 1. The Morgan fingerprint density at radius 1 is 0.973 bits per heavy atom. The maximum Gasteiger partial charge on any atom is 0.258 e. The second kappa shape index (κ2) is 11.2. The highest BCUT2D eigenvalue weighted by molar-refractivity contribution is 5.86. The van der Waals surface area contributed by atoms with E-state index in [9.17, 15) is 4.79 Å². The van der Waals surface area contributed by atoms with Crippen molar-refractivity contribution in [2.45, 2.75) is 25.1 Å². The number of hydrogen-bond acceptors (Lipinski definition) is 6. The number of carbonyl (C=O) groups excluding carboxylic acids is 1. The fraction of sp³-hybridized carbons (Fsp3) is 0.200. The average molecular weight is 494 g/mol. The monoisotopic (exact) mass is 493 g/mol. The van der Waals surface area contributed by atoms with E-state index in [2.05, 4.69) is 51.7 Å². The molecule has 0 spiro atoms. The van der Waals surface area contributed by atoms with E-state index in [1.54, 1.807) is 6.21 Å². The summed E-state index contributed by atoms with van der Waals surface area (Å²) >= 11 is 0. The number of hydrazone groups is 1. The van der Waals surface area contributed by atoms with Crippen LogP contribution in [0.15, 0.2) is 96.1 Å². The van der Waals surface area contributed by atoms with E-state index >= 15 is 0 Å². The van der Waals surface area contributed by atoms with Crippen LogP contribution >= 0.6 is 0 Å². The van der Waals surface area contributed by atoms with Crippen LogP contribution in [0.1, 0.15) is 29.2 Å². The van der Waals surface area contributed by atoms with Gasteiger partial charge in [-0.3, -0.25) is 4.79 Å². The van der Waals surface area contributed by atoms with Gasteiger partial charge in [0.1, 0.15) is 18.4 Å². The highest BCUT2D eigenvalue weighted by Crippen LogP contribution is 2.31. The molecular formula is C30H31N5O2. The molecule has 0 bridgehead atoms. The van der Waals surface area contributed by atoms with Gasteiger partial charge in [0.15, 0.2) is 0 Å². The van der Waals surface area contributed by atoms with Crippen LogP contribution in [0.2, 0.25) is 0 Å². The van der Waals surface area contributed by atoms with Gasteiger partial charge in [0.25, 0.3) is 5.91 Å². The second-order valence-corrected chi connectivity index (χ2v) is 9.31. The third kappa shape index (κ3) is 5.80. The highest BCUT2D eigenvalue weighted by atomic mass is 16.5. The van der Waals surface area contributed by atoms with Gasteiger partial charge >= 0.3 is 0 Å². The normalized spacial score (nSPS) is 17.2. The molecule has 1 aliphatic rings. The topological polar surface area (TPSA) is 78.0 Å². The number of amides is 1. The van der Waals surface area contributed by atoms with Crippen molar-refractivity contribution in [3.8, 4) is 5.75 Å². The smallest absolute Gasteiger partial charge is 0.258 e. The van der Waals surface area contributed by atoms with Crippen molar-refractivity contribution < 1.29 is 9.53 Å². The molecule has 0 saturated carbocycles. The van der Waals surface area contributed by atoms with Crippen LogP contribution < -0.4 is 25.9 Å². The number of hydrogen-bond donors (Lipinski definition) is 3. The molecule has 1 amide bonds. The average Bonchev–Trinajstić information content (AvgIpc) is 3.43. The second-order valence-electron chi connectivity index (χ2n) is 9.31. The summed E-state index contributed by atoms with van der Waals surface area (Å²) in [7, 11) is 3.99. The lowest BCUT2D eigenvalue weighted by molar-refractivity contribution is -0.122. The maximum atomic E-state index is 12.7. The Labute approximate surface area is 217 Å². The van der Waals surface area contributed by atoms with Crippen LogP contribution in [0.3, 0.4) is 0 Å². The van der Waals surface area contributed by atoms with Gasteiger partial charge in [-0.15, -0.1) is 0 Å². The van der Waals surface area contributed by atoms with Gasteiger partial charge in [-0.2, -0.15) is 5.10 Å². The Bertz CT molecular complexity index is 1400.